The molecule has 4 nitrogen and oxygen atoms in total. The average molecular weight is 319 g/mol. The Balaban J connectivity index is 1.79. The third kappa shape index (κ3) is 4.90. The van der Waals surface area contributed by atoms with E-state index in [9.17, 15) is 4.79 Å². The van der Waals surface area contributed by atoms with E-state index in [1.165, 1.54) is 5.56 Å². The SMILES string of the molecule is CC(C)(C)C(=O)C1CCN(CCn2cc(C(C)(C)C)cn2)CC1. The Bertz CT molecular complexity index is 526. The van der Waals surface area contributed by atoms with Gasteiger partial charge >= 0.3 is 0 Å². The molecule has 1 aromatic rings. The second-order valence-corrected chi connectivity index (χ2v) is 8.97. The van der Waals surface area contributed by atoms with Crippen LogP contribution in [0.25, 0.3) is 0 Å². The van der Waals surface area contributed by atoms with Gasteiger partial charge in [-0.25, -0.2) is 0 Å². The third-order valence-electron chi connectivity index (χ3n) is 4.84. The highest BCUT2D eigenvalue weighted by molar-refractivity contribution is 5.86. The van der Waals surface area contributed by atoms with E-state index >= 15 is 0 Å². The number of likely N-dealkylation sites (tertiary alicyclic amines) is 1. The lowest BCUT2D eigenvalue weighted by atomic mass is 9.79. The molecular formula is C19H33N3O. The molecular weight excluding hydrogens is 286 g/mol. The minimum Gasteiger partial charge on any atom is -0.301 e. The quantitative estimate of drug-likeness (QED) is 0.852. The first-order valence-corrected chi connectivity index (χ1v) is 8.87. The molecule has 1 aliphatic heterocycles. The summed E-state index contributed by atoms with van der Waals surface area (Å²) in [7, 11) is 0. The van der Waals surface area contributed by atoms with Crippen LogP contribution in [0.15, 0.2) is 12.4 Å². The van der Waals surface area contributed by atoms with Crippen LogP contribution in [-0.2, 0) is 16.8 Å². The van der Waals surface area contributed by atoms with E-state index in [1.807, 2.05) is 31.6 Å². The monoisotopic (exact) mass is 319 g/mol. The van der Waals surface area contributed by atoms with Crippen LogP contribution in [0.2, 0.25) is 0 Å². The summed E-state index contributed by atoms with van der Waals surface area (Å²) < 4.78 is 2.05. The van der Waals surface area contributed by atoms with Gasteiger partial charge in [0, 0.05) is 24.1 Å². The van der Waals surface area contributed by atoms with E-state index in [0.29, 0.717) is 5.78 Å². The van der Waals surface area contributed by atoms with E-state index in [-0.39, 0.29) is 16.7 Å². The highest BCUT2D eigenvalue weighted by Gasteiger charge is 2.32. The minimum atomic E-state index is -0.203. The summed E-state index contributed by atoms with van der Waals surface area (Å²) in [6.07, 6.45) is 6.15. The van der Waals surface area contributed by atoms with Crippen LogP contribution < -0.4 is 0 Å². The van der Waals surface area contributed by atoms with Gasteiger partial charge in [-0.3, -0.25) is 9.48 Å². The lowest BCUT2D eigenvalue weighted by Crippen LogP contribution is -2.40. The van der Waals surface area contributed by atoms with Gasteiger partial charge in [-0.15, -0.1) is 0 Å². The normalized spacial score (nSPS) is 18.3. The summed E-state index contributed by atoms with van der Waals surface area (Å²) in [6, 6.07) is 0. The van der Waals surface area contributed by atoms with Crippen molar-refractivity contribution in [3.05, 3.63) is 18.0 Å². The molecule has 0 amide bonds. The summed E-state index contributed by atoms with van der Waals surface area (Å²) in [5, 5.41) is 4.48. The Morgan fingerprint density at radius 2 is 1.74 bits per heavy atom. The van der Waals surface area contributed by atoms with E-state index in [1.54, 1.807) is 0 Å². The topological polar surface area (TPSA) is 38.1 Å². The summed E-state index contributed by atoms with van der Waals surface area (Å²) >= 11 is 0. The molecule has 0 aromatic carbocycles. The number of aromatic nitrogens is 2. The molecule has 0 aliphatic carbocycles. The van der Waals surface area contributed by atoms with Gasteiger partial charge in [0.15, 0.2) is 0 Å². The van der Waals surface area contributed by atoms with E-state index in [4.69, 9.17) is 0 Å². The molecule has 0 atom stereocenters. The summed E-state index contributed by atoms with van der Waals surface area (Å²) in [5.41, 5.74) is 1.24. The summed E-state index contributed by atoms with van der Waals surface area (Å²) in [4.78, 5) is 14.8. The Morgan fingerprint density at radius 1 is 1.13 bits per heavy atom. The fourth-order valence-corrected chi connectivity index (χ4v) is 3.15. The highest BCUT2D eigenvalue weighted by Crippen LogP contribution is 2.27. The maximum Gasteiger partial charge on any atom is 0.141 e. The fraction of sp³-hybridized carbons (Fsp3) is 0.789. The Hall–Kier alpha value is -1.16. The van der Waals surface area contributed by atoms with Crippen molar-refractivity contribution < 1.29 is 4.79 Å². The molecule has 1 aliphatic rings. The van der Waals surface area contributed by atoms with Crippen molar-refractivity contribution in [1.82, 2.24) is 14.7 Å². The lowest BCUT2D eigenvalue weighted by Gasteiger charge is -2.33. The maximum atomic E-state index is 12.4. The standard InChI is InChI=1S/C19H33N3O/c1-18(2,3)16-13-20-22(14-16)12-11-21-9-7-15(8-10-21)17(23)19(4,5)6/h13-15H,7-12H2,1-6H3. The molecule has 23 heavy (non-hydrogen) atoms. The zero-order valence-corrected chi connectivity index (χ0v) is 15.7. The van der Waals surface area contributed by atoms with Gasteiger partial charge in [0.25, 0.3) is 0 Å². The Morgan fingerprint density at radius 3 is 2.22 bits per heavy atom. The van der Waals surface area contributed by atoms with Crippen molar-refractivity contribution in [2.45, 2.75) is 66.3 Å². The molecule has 2 heterocycles. The predicted octanol–water partition coefficient (Wildman–Crippen LogP) is 3.51. The van der Waals surface area contributed by atoms with Gasteiger partial charge in [0.1, 0.15) is 5.78 Å². The molecule has 0 N–H and O–H groups in total. The van der Waals surface area contributed by atoms with Crippen molar-refractivity contribution in [2.24, 2.45) is 11.3 Å². The number of Topliss-reactive ketones (excluding diaryl/α,β-unsaturated/α-hetero) is 1. The second-order valence-electron chi connectivity index (χ2n) is 8.97. The molecule has 0 bridgehead atoms. The molecule has 0 unspecified atom stereocenters. The first kappa shape index (κ1) is 18.2. The zero-order valence-electron chi connectivity index (χ0n) is 15.7. The predicted molar refractivity (Wildman–Crippen MR) is 94.6 cm³/mol. The van der Waals surface area contributed by atoms with Crippen LogP contribution in [0.3, 0.4) is 0 Å². The van der Waals surface area contributed by atoms with Crippen LogP contribution in [0.1, 0.15) is 59.9 Å². The number of nitrogens with zero attached hydrogens (tertiary/aromatic N) is 3. The lowest BCUT2D eigenvalue weighted by molar-refractivity contribution is -0.131. The van der Waals surface area contributed by atoms with E-state index in [0.717, 1.165) is 39.0 Å². The molecule has 2 rings (SSSR count). The van der Waals surface area contributed by atoms with Crippen molar-refractivity contribution in [3.63, 3.8) is 0 Å². The number of carbonyl (C=O) groups excluding carboxylic acids is 1. The second kappa shape index (κ2) is 6.76. The fourth-order valence-electron chi connectivity index (χ4n) is 3.15. The molecule has 0 saturated carbocycles. The van der Waals surface area contributed by atoms with Gasteiger partial charge in [0.2, 0.25) is 0 Å². The largest absolute Gasteiger partial charge is 0.301 e. The molecule has 0 radical (unpaired) electrons. The molecule has 1 saturated heterocycles. The van der Waals surface area contributed by atoms with Gasteiger partial charge in [-0.2, -0.15) is 5.10 Å². The summed E-state index contributed by atoms with van der Waals surface area (Å²) in [6.45, 7) is 16.7. The zero-order chi connectivity index (χ0) is 17.3. The molecule has 4 heteroatoms. The summed E-state index contributed by atoms with van der Waals surface area (Å²) in [5.74, 6) is 0.683. The van der Waals surface area contributed by atoms with Gasteiger partial charge in [-0.1, -0.05) is 41.5 Å². The number of piperidine rings is 1. The molecule has 1 fully saturated rings. The van der Waals surface area contributed by atoms with Crippen LogP contribution in [0, 0.1) is 11.3 Å². The van der Waals surface area contributed by atoms with Crippen LogP contribution in [0.5, 0.6) is 0 Å². The van der Waals surface area contributed by atoms with Crippen molar-refractivity contribution in [1.29, 1.82) is 0 Å². The van der Waals surface area contributed by atoms with Crippen molar-refractivity contribution in [2.75, 3.05) is 19.6 Å². The Labute approximate surface area is 141 Å². The number of hydrogen-bond donors (Lipinski definition) is 0. The Kier molecular flexibility index (Phi) is 5.34. The number of ketones is 1. The van der Waals surface area contributed by atoms with Gasteiger partial charge < -0.3 is 4.90 Å². The minimum absolute atomic E-state index is 0.157. The van der Waals surface area contributed by atoms with Crippen molar-refractivity contribution in [3.8, 4) is 0 Å². The first-order chi connectivity index (χ1) is 10.6. The van der Waals surface area contributed by atoms with E-state index < -0.39 is 0 Å². The number of rotatable bonds is 4. The van der Waals surface area contributed by atoms with Gasteiger partial charge in [-0.05, 0) is 36.9 Å². The van der Waals surface area contributed by atoms with Crippen LogP contribution in [-0.4, -0.2) is 40.1 Å². The van der Waals surface area contributed by atoms with Gasteiger partial charge in [0.05, 0.1) is 12.7 Å². The molecule has 0 spiro atoms. The number of carbonyl (C=O) groups is 1. The third-order valence-corrected chi connectivity index (χ3v) is 4.84. The van der Waals surface area contributed by atoms with Crippen LogP contribution >= 0.6 is 0 Å². The highest BCUT2D eigenvalue weighted by atomic mass is 16.1. The van der Waals surface area contributed by atoms with Crippen molar-refractivity contribution >= 4 is 5.78 Å². The molecule has 130 valence electrons. The van der Waals surface area contributed by atoms with E-state index in [2.05, 4.69) is 37.0 Å². The average Bonchev–Trinajstić information content (AvgIpc) is 2.93. The number of hydrogen-bond acceptors (Lipinski definition) is 3. The maximum absolute atomic E-state index is 12.4. The first-order valence-electron chi connectivity index (χ1n) is 8.87. The van der Waals surface area contributed by atoms with Crippen LogP contribution in [0.4, 0.5) is 0 Å². The molecule has 1 aromatic heterocycles. The smallest absolute Gasteiger partial charge is 0.141 e.